The number of thioether (sulfide) groups is 1. The maximum atomic E-state index is 12.6. The summed E-state index contributed by atoms with van der Waals surface area (Å²) in [6.07, 6.45) is 3.70. The Morgan fingerprint density at radius 1 is 1.04 bits per heavy atom. The van der Waals surface area contributed by atoms with Crippen LogP contribution in [0.2, 0.25) is 0 Å². The number of aliphatic hydroxyl groups is 2. The fourth-order valence-corrected chi connectivity index (χ4v) is 3.08. The van der Waals surface area contributed by atoms with Gasteiger partial charge in [-0.1, -0.05) is 0 Å². The van der Waals surface area contributed by atoms with E-state index in [4.69, 9.17) is 10.2 Å². The van der Waals surface area contributed by atoms with Crippen LogP contribution in [0.1, 0.15) is 19.3 Å². The van der Waals surface area contributed by atoms with Crippen LogP contribution in [0.3, 0.4) is 0 Å². The predicted octanol–water partition coefficient (Wildman–Crippen LogP) is -2.98. The molecule has 7 N–H and O–H groups in total. The molecule has 12 heteroatoms. The van der Waals surface area contributed by atoms with Gasteiger partial charge in [0.2, 0.25) is 17.7 Å². The number of carbonyl (C=O) groups is 4. The second-order valence-electron chi connectivity index (χ2n) is 6.32. The van der Waals surface area contributed by atoms with Gasteiger partial charge in [-0.05, 0) is 37.8 Å². The molecule has 11 nitrogen and oxygen atoms in total. The third kappa shape index (κ3) is 7.62. The first-order valence-corrected chi connectivity index (χ1v) is 10.3. The molecular formula is C16H28N4O7S. The maximum Gasteiger partial charge on any atom is 0.328 e. The molecule has 0 saturated carbocycles. The van der Waals surface area contributed by atoms with Crippen LogP contribution in [0.25, 0.3) is 0 Å². The summed E-state index contributed by atoms with van der Waals surface area (Å²) in [6, 6.07) is -4.25. The monoisotopic (exact) mass is 420 g/mol. The zero-order chi connectivity index (χ0) is 21.1. The topological polar surface area (TPSA) is 177 Å². The van der Waals surface area contributed by atoms with Crippen molar-refractivity contribution in [1.29, 1.82) is 0 Å². The molecule has 1 aliphatic heterocycles. The van der Waals surface area contributed by atoms with Crippen LogP contribution in [0.4, 0.5) is 0 Å². The SMILES string of the molecule is CSCCC(NC(=O)C1CCCN1)C(=O)NC(CO)C(=O)NC(CO)C(=O)O. The van der Waals surface area contributed by atoms with Crippen LogP contribution in [-0.2, 0) is 19.2 Å². The van der Waals surface area contributed by atoms with Crippen molar-refractivity contribution >= 4 is 35.5 Å². The number of carboxylic acids is 1. The molecule has 1 fully saturated rings. The molecular weight excluding hydrogens is 392 g/mol. The van der Waals surface area contributed by atoms with Crippen LogP contribution in [0, 0.1) is 0 Å². The fourth-order valence-electron chi connectivity index (χ4n) is 2.61. The van der Waals surface area contributed by atoms with Crippen molar-refractivity contribution in [2.45, 2.75) is 43.4 Å². The second-order valence-corrected chi connectivity index (χ2v) is 7.30. The molecule has 4 unspecified atom stereocenters. The van der Waals surface area contributed by atoms with E-state index in [2.05, 4.69) is 16.0 Å². The Kier molecular flexibility index (Phi) is 10.8. The van der Waals surface area contributed by atoms with Crippen molar-refractivity contribution in [3.05, 3.63) is 0 Å². The van der Waals surface area contributed by atoms with Crippen molar-refractivity contribution in [2.24, 2.45) is 0 Å². The minimum Gasteiger partial charge on any atom is -0.480 e. The van der Waals surface area contributed by atoms with Crippen LogP contribution in [0.5, 0.6) is 0 Å². The minimum absolute atomic E-state index is 0.310. The van der Waals surface area contributed by atoms with Gasteiger partial charge in [-0.15, -0.1) is 0 Å². The molecule has 1 heterocycles. The molecule has 0 bridgehead atoms. The molecule has 0 radical (unpaired) electrons. The zero-order valence-corrected chi connectivity index (χ0v) is 16.5. The molecule has 1 saturated heterocycles. The zero-order valence-electron chi connectivity index (χ0n) is 15.6. The van der Waals surface area contributed by atoms with E-state index in [0.29, 0.717) is 18.6 Å². The number of rotatable bonds is 12. The average Bonchev–Trinajstić information content (AvgIpc) is 3.21. The van der Waals surface area contributed by atoms with E-state index < -0.39 is 49.1 Å². The molecule has 28 heavy (non-hydrogen) atoms. The number of hydrogen-bond acceptors (Lipinski definition) is 8. The summed E-state index contributed by atoms with van der Waals surface area (Å²) in [7, 11) is 0. The van der Waals surface area contributed by atoms with Crippen LogP contribution < -0.4 is 21.3 Å². The van der Waals surface area contributed by atoms with Gasteiger partial charge in [0, 0.05) is 0 Å². The van der Waals surface area contributed by atoms with Gasteiger partial charge in [0.05, 0.1) is 19.3 Å². The van der Waals surface area contributed by atoms with Crippen LogP contribution in [0.15, 0.2) is 0 Å². The molecule has 4 atom stereocenters. The molecule has 0 aromatic rings. The minimum atomic E-state index is -1.56. The Morgan fingerprint density at radius 2 is 1.64 bits per heavy atom. The smallest absolute Gasteiger partial charge is 0.328 e. The average molecular weight is 420 g/mol. The maximum absolute atomic E-state index is 12.6. The van der Waals surface area contributed by atoms with Gasteiger partial charge in [-0.2, -0.15) is 11.8 Å². The third-order valence-electron chi connectivity index (χ3n) is 4.23. The number of amides is 3. The number of aliphatic hydroxyl groups excluding tert-OH is 2. The lowest BCUT2D eigenvalue weighted by Gasteiger charge is -2.24. The highest BCUT2D eigenvalue weighted by molar-refractivity contribution is 7.98. The summed E-state index contributed by atoms with van der Waals surface area (Å²) < 4.78 is 0. The first-order chi connectivity index (χ1) is 13.3. The van der Waals surface area contributed by atoms with Gasteiger partial charge in [0.25, 0.3) is 0 Å². The summed E-state index contributed by atoms with van der Waals surface area (Å²) in [5, 5.41) is 37.3. The number of nitrogens with one attached hydrogen (secondary N) is 4. The summed E-state index contributed by atoms with van der Waals surface area (Å²) in [5.74, 6) is -2.80. The number of carbonyl (C=O) groups excluding carboxylic acids is 3. The van der Waals surface area contributed by atoms with Gasteiger partial charge in [-0.25, -0.2) is 4.79 Å². The molecule has 0 aromatic carbocycles. The third-order valence-corrected chi connectivity index (χ3v) is 4.88. The highest BCUT2D eigenvalue weighted by Gasteiger charge is 2.30. The summed E-state index contributed by atoms with van der Waals surface area (Å²) >= 11 is 1.48. The Morgan fingerprint density at radius 3 is 2.14 bits per heavy atom. The van der Waals surface area contributed by atoms with E-state index in [9.17, 15) is 24.3 Å². The van der Waals surface area contributed by atoms with Gasteiger partial charge in [0.1, 0.15) is 18.1 Å². The Labute approximate surface area is 167 Å². The molecule has 0 aliphatic carbocycles. The quantitative estimate of drug-likeness (QED) is 0.173. The van der Waals surface area contributed by atoms with E-state index in [1.165, 1.54) is 11.8 Å². The van der Waals surface area contributed by atoms with E-state index in [0.717, 1.165) is 13.0 Å². The van der Waals surface area contributed by atoms with Crippen molar-refractivity contribution in [1.82, 2.24) is 21.3 Å². The Bertz CT molecular complexity index is 557. The fraction of sp³-hybridized carbons (Fsp3) is 0.750. The van der Waals surface area contributed by atoms with Gasteiger partial charge >= 0.3 is 5.97 Å². The largest absolute Gasteiger partial charge is 0.480 e. The van der Waals surface area contributed by atoms with Crippen molar-refractivity contribution in [3.63, 3.8) is 0 Å². The standard InChI is InChI=1S/C16H28N4O7S/c1-28-6-4-10(18-13(23)9-3-2-5-17-9)14(24)19-11(7-21)15(25)20-12(8-22)16(26)27/h9-12,17,21-22H,2-8H2,1H3,(H,18,23)(H,19,24)(H,20,25)(H,26,27). The molecule has 0 aromatic heterocycles. The number of aliphatic carboxylic acids is 1. The normalized spacial score (nSPS) is 19.3. The number of hydrogen-bond donors (Lipinski definition) is 7. The lowest BCUT2D eigenvalue weighted by molar-refractivity contribution is -0.143. The molecule has 160 valence electrons. The summed E-state index contributed by atoms with van der Waals surface area (Å²) in [6.45, 7) is -0.890. The van der Waals surface area contributed by atoms with E-state index in [1.807, 2.05) is 11.6 Å². The molecule has 3 amide bonds. The van der Waals surface area contributed by atoms with Gasteiger partial charge < -0.3 is 36.6 Å². The highest BCUT2D eigenvalue weighted by Crippen LogP contribution is 2.07. The molecule has 1 rings (SSSR count). The van der Waals surface area contributed by atoms with E-state index in [-0.39, 0.29) is 11.9 Å². The van der Waals surface area contributed by atoms with Crippen molar-refractivity contribution in [2.75, 3.05) is 31.8 Å². The van der Waals surface area contributed by atoms with Crippen molar-refractivity contribution in [3.8, 4) is 0 Å². The highest BCUT2D eigenvalue weighted by atomic mass is 32.2. The van der Waals surface area contributed by atoms with E-state index >= 15 is 0 Å². The first-order valence-electron chi connectivity index (χ1n) is 8.92. The van der Waals surface area contributed by atoms with Crippen LogP contribution in [-0.4, -0.2) is 94.9 Å². The lowest BCUT2D eigenvalue weighted by Crippen LogP contribution is -2.58. The van der Waals surface area contributed by atoms with Gasteiger partial charge in [-0.3, -0.25) is 14.4 Å². The summed E-state index contributed by atoms with van der Waals surface area (Å²) in [4.78, 5) is 47.8. The van der Waals surface area contributed by atoms with Gasteiger partial charge in [0.15, 0.2) is 0 Å². The van der Waals surface area contributed by atoms with Crippen LogP contribution >= 0.6 is 11.8 Å². The second kappa shape index (κ2) is 12.5. The molecule has 1 aliphatic rings. The van der Waals surface area contributed by atoms with E-state index in [1.54, 1.807) is 0 Å². The Hall–Kier alpha value is -1.89. The Balaban J connectivity index is 2.72. The molecule has 0 spiro atoms. The number of carboxylic acid groups (broad SMARTS) is 1. The van der Waals surface area contributed by atoms with Crippen molar-refractivity contribution < 1.29 is 34.5 Å². The predicted molar refractivity (Wildman–Crippen MR) is 102 cm³/mol. The summed E-state index contributed by atoms with van der Waals surface area (Å²) in [5.41, 5.74) is 0. The first kappa shape index (κ1) is 24.1. The lowest BCUT2D eigenvalue weighted by atomic mass is 10.1.